The molecule has 0 rings (SSSR count). The molecule has 0 bridgehead atoms. The van der Waals surface area contributed by atoms with E-state index in [4.69, 9.17) is 10.9 Å². The molecule has 0 aromatic carbocycles. The number of amidine groups is 1. The average Bonchev–Trinajstić information content (AvgIpc) is 2.22. The van der Waals surface area contributed by atoms with E-state index >= 15 is 0 Å². The summed E-state index contributed by atoms with van der Waals surface area (Å²) in [5, 5.41) is 14.3. The van der Waals surface area contributed by atoms with Gasteiger partial charge in [0, 0.05) is 6.54 Å². The van der Waals surface area contributed by atoms with Crippen LogP contribution < -0.4 is 11.1 Å². The van der Waals surface area contributed by atoms with Gasteiger partial charge in [0.15, 0.2) is 5.84 Å². The number of amides is 1. The zero-order chi connectivity index (χ0) is 13.9. The highest BCUT2D eigenvalue weighted by atomic mass is 16.4. The summed E-state index contributed by atoms with van der Waals surface area (Å²) >= 11 is 0. The van der Waals surface area contributed by atoms with Gasteiger partial charge in [0.2, 0.25) is 5.91 Å². The van der Waals surface area contributed by atoms with Crippen LogP contribution in [0.25, 0.3) is 0 Å². The molecular weight excluding hydrogens is 218 g/mol. The van der Waals surface area contributed by atoms with Gasteiger partial charge >= 0.3 is 0 Å². The molecule has 0 fully saturated rings. The Morgan fingerprint density at radius 2 is 1.82 bits per heavy atom. The zero-order valence-electron chi connectivity index (χ0n) is 11.7. The maximum Gasteiger partial charge on any atom is 0.233 e. The summed E-state index contributed by atoms with van der Waals surface area (Å²) in [6.45, 7) is 12.3. The van der Waals surface area contributed by atoms with E-state index in [1.54, 1.807) is 13.8 Å². The summed E-state index contributed by atoms with van der Waals surface area (Å²) in [5.41, 5.74) is 4.62. The van der Waals surface area contributed by atoms with Crippen molar-refractivity contribution < 1.29 is 10.0 Å². The molecule has 0 aromatic heterocycles. The molecule has 0 aliphatic rings. The van der Waals surface area contributed by atoms with E-state index in [2.05, 4.69) is 38.2 Å². The lowest BCUT2D eigenvalue weighted by Gasteiger charge is -2.29. The van der Waals surface area contributed by atoms with Gasteiger partial charge in [0.05, 0.1) is 0 Å². The number of rotatable bonds is 4. The number of carbonyl (C=O) groups excluding carboxylic acids is 1. The van der Waals surface area contributed by atoms with Crippen molar-refractivity contribution in [3.05, 3.63) is 0 Å². The molecule has 100 valence electrons. The molecule has 5 heteroatoms. The van der Waals surface area contributed by atoms with Gasteiger partial charge < -0.3 is 16.3 Å². The van der Waals surface area contributed by atoms with E-state index in [0.717, 1.165) is 0 Å². The van der Waals surface area contributed by atoms with Gasteiger partial charge in [0.1, 0.15) is 5.41 Å². The number of nitrogens with one attached hydrogen (secondary N) is 1. The second kappa shape index (κ2) is 5.38. The SMILES string of the molecule is CC(CNC(=O)C(C)(C)C(N)=NO)C(C)(C)C. The molecule has 1 atom stereocenters. The third kappa shape index (κ3) is 4.24. The van der Waals surface area contributed by atoms with Gasteiger partial charge in [-0.05, 0) is 25.2 Å². The number of oxime groups is 1. The van der Waals surface area contributed by atoms with Crippen molar-refractivity contribution in [2.75, 3.05) is 6.54 Å². The first-order chi connectivity index (χ1) is 7.53. The van der Waals surface area contributed by atoms with E-state index in [9.17, 15) is 4.79 Å². The fraction of sp³-hybridized carbons (Fsp3) is 0.833. The van der Waals surface area contributed by atoms with E-state index in [0.29, 0.717) is 12.5 Å². The fourth-order valence-electron chi connectivity index (χ4n) is 1.01. The molecule has 0 aliphatic carbocycles. The first kappa shape index (κ1) is 15.7. The van der Waals surface area contributed by atoms with Gasteiger partial charge in [-0.1, -0.05) is 32.9 Å². The molecular formula is C12H25N3O2. The number of nitrogens with zero attached hydrogens (tertiary/aromatic N) is 1. The van der Waals surface area contributed by atoms with Gasteiger partial charge in [-0.15, -0.1) is 0 Å². The van der Waals surface area contributed by atoms with Crippen LogP contribution in [0, 0.1) is 16.7 Å². The Balaban J connectivity index is 4.48. The van der Waals surface area contributed by atoms with Crippen LogP contribution in [-0.2, 0) is 4.79 Å². The lowest BCUT2D eigenvalue weighted by molar-refractivity contribution is -0.126. The summed E-state index contributed by atoms with van der Waals surface area (Å²) in [7, 11) is 0. The number of carbonyl (C=O) groups is 1. The first-order valence-electron chi connectivity index (χ1n) is 5.79. The molecule has 0 saturated heterocycles. The van der Waals surface area contributed by atoms with Gasteiger partial charge in [-0.25, -0.2) is 0 Å². The van der Waals surface area contributed by atoms with Crippen LogP contribution in [0.15, 0.2) is 5.16 Å². The molecule has 4 N–H and O–H groups in total. The summed E-state index contributed by atoms with van der Waals surface area (Å²) in [6.07, 6.45) is 0. The normalized spacial score (nSPS) is 15.5. The molecule has 5 nitrogen and oxygen atoms in total. The molecule has 0 heterocycles. The third-order valence-electron chi connectivity index (χ3n) is 3.36. The van der Waals surface area contributed by atoms with Gasteiger partial charge in [0.25, 0.3) is 0 Å². The van der Waals surface area contributed by atoms with E-state index in [1.807, 2.05) is 0 Å². The number of hydrogen-bond acceptors (Lipinski definition) is 3. The van der Waals surface area contributed by atoms with Crippen LogP contribution in [0.3, 0.4) is 0 Å². The van der Waals surface area contributed by atoms with Gasteiger partial charge in [-0.2, -0.15) is 0 Å². The second-order valence-electron chi connectivity index (χ2n) is 6.09. The Morgan fingerprint density at radius 3 is 2.18 bits per heavy atom. The van der Waals surface area contributed by atoms with Crippen LogP contribution in [0.5, 0.6) is 0 Å². The summed E-state index contributed by atoms with van der Waals surface area (Å²) in [4.78, 5) is 11.9. The molecule has 1 unspecified atom stereocenters. The van der Waals surface area contributed by atoms with Gasteiger partial charge in [-0.3, -0.25) is 4.79 Å². The highest BCUT2D eigenvalue weighted by Crippen LogP contribution is 2.25. The molecule has 0 aromatic rings. The van der Waals surface area contributed by atoms with Crippen molar-refractivity contribution in [3.63, 3.8) is 0 Å². The largest absolute Gasteiger partial charge is 0.409 e. The topological polar surface area (TPSA) is 87.7 Å². The third-order valence-corrected chi connectivity index (χ3v) is 3.36. The Kier molecular flexibility index (Phi) is 4.98. The van der Waals surface area contributed by atoms with E-state index < -0.39 is 5.41 Å². The summed E-state index contributed by atoms with van der Waals surface area (Å²) in [5.74, 6) is 0.0249. The van der Waals surface area contributed by atoms with Crippen molar-refractivity contribution in [1.29, 1.82) is 0 Å². The van der Waals surface area contributed by atoms with Crippen LogP contribution in [0.4, 0.5) is 0 Å². The lowest BCUT2D eigenvalue weighted by atomic mass is 9.81. The van der Waals surface area contributed by atoms with Crippen LogP contribution in [0.2, 0.25) is 0 Å². The highest BCUT2D eigenvalue weighted by Gasteiger charge is 2.33. The molecule has 17 heavy (non-hydrogen) atoms. The van der Waals surface area contributed by atoms with Crippen molar-refractivity contribution >= 4 is 11.7 Å². The first-order valence-corrected chi connectivity index (χ1v) is 5.79. The summed E-state index contributed by atoms with van der Waals surface area (Å²) in [6, 6.07) is 0. The molecule has 0 saturated carbocycles. The molecule has 0 aliphatic heterocycles. The minimum atomic E-state index is -0.994. The lowest BCUT2D eigenvalue weighted by Crippen LogP contribution is -2.47. The number of nitrogens with two attached hydrogens (primary N) is 1. The Labute approximate surface area is 103 Å². The van der Waals surface area contributed by atoms with Crippen LogP contribution in [0.1, 0.15) is 41.5 Å². The Hall–Kier alpha value is -1.26. The van der Waals surface area contributed by atoms with Crippen molar-refractivity contribution in [2.24, 2.45) is 27.6 Å². The maximum absolute atomic E-state index is 11.9. The summed E-state index contributed by atoms with van der Waals surface area (Å²) < 4.78 is 0. The van der Waals surface area contributed by atoms with Crippen LogP contribution in [-0.4, -0.2) is 23.5 Å². The van der Waals surface area contributed by atoms with E-state index in [1.165, 1.54) is 0 Å². The van der Waals surface area contributed by atoms with Crippen molar-refractivity contribution in [1.82, 2.24) is 5.32 Å². The minimum absolute atomic E-state index is 0.0848. The Bertz CT molecular complexity index is 303. The Morgan fingerprint density at radius 1 is 1.35 bits per heavy atom. The highest BCUT2D eigenvalue weighted by molar-refractivity contribution is 6.05. The monoisotopic (exact) mass is 243 g/mol. The number of hydrogen-bond donors (Lipinski definition) is 3. The second-order valence-corrected chi connectivity index (χ2v) is 6.09. The zero-order valence-corrected chi connectivity index (χ0v) is 11.7. The van der Waals surface area contributed by atoms with Crippen molar-refractivity contribution in [3.8, 4) is 0 Å². The minimum Gasteiger partial charge on any atom is -0.409 e. The standard InChI is InChI=1S/C12H25N3O2/c1-8(11(2,3)4)7-14-10(16)12(5,6)9(13)15-17/h8,17H,7H2,1-6H3,(H2,13,15)(H,14,16). The molecule has 1 amide bonds. The van der Waals surface area contributed by atoms with Crippen molar-refractivity contribution in [2.45, 2.75) is 41.5 Å². The van der Waals surface area contributed by atoms with Crippen LogP contribution >= 0.6 is 0 Å². The maximum atomic E-state index is 11.9. The smallest absolute Gasteiger partial charge is 0.233 e. The average molecular weight is 243 g/mol. The predicted octanol–water partition coefficient (Wildman–Crippen LogP) is 1.56. The quantitative estimate of drug-likeness (QED) is 0.303. The fourth-order valence-corrected chi connectivity index (χ4v) is 1.01. The molecule has 0 radical (unpaired) electrons. The predicted molar refractivity (Wildman–Crippen MR) is 68.8 cm³/mol. The van der Waals surface area contributed by atoms with E-state index in [-0.39, 0.29) is 17.2 Å². The molecule has 0 spiro atoms.